The van der Waals surface area contributed by atoms with Crippen molar-refractivity contribution in [3.05, 3.63) is 106 Å². The van der Waals surface area contributed by atoms with Crippen LogP contribution in [0.15, 0.2) is 74.0 Å². The molecule has 0 aliphatic carbocycles. The zero-order valence-corrected chi connectivity index (χ0v) is 23.2. The molecule has 1 atom stereocenters. The van der Waals surface area contributed by atoms with E-state index in [1.165, 1.54) is 16.7 Å². The number of nitrogens with zero attached hydrogens (tertiary/aromatic N) is 3. The second kappa shape index (κ2) is 10.4. The number of fused-ring (bicyclic) bond motifs is 2. The third-order valence-corrected chi connectivity index (χ3v) is 7.86. The zero-order valence-electron chi connectivity index (χ0n) is 21.6. The fourth-order valence-electron chi connectivity index (χ4n) is 4.71. The molecule has 4 aromatic rings. The van der Waals surface area contributed by atoms with Crippen LogP contribution in [0.4, 0.5) is 5.69 Å². The molecule has 0 amide bonds. The maximum absolute atomic E-state index is 13.8. The van der Waals surface area contributed by atoms with Crippen LogP contribution in [0.2, 0.25) is 5.02 Å². The van der Waals surface area contributed by atoms with Gasteiger partial charge in [0.05, 0.1) is 33.4 Å². The average molecular weight is 594 g/mol. The van der Waals surface area contributed by atoms with Crippen molar-refractivity contribution in [2.75, 3.05) is 13.4 Å². The largest absolute Gasteiger partial charge is 0.463 e. The summed E-state index contributed by atoms with van der Waals surface area (Å²) in [6, 6.07) is 12.1. The van der Waals surface area contributed by atoms with E-state index in [1.54, 1.807) is 56.3 Å². The molecule has 13 heteroatoms. The number of thiazole rings is 1. The zero-order chi connectivity index (χ0) is 28.8. The van der Waals surface area contributed by atoms with E-state index in [9.17, 15) is 19.7 Å². The highest BCUT2D eigenvalue weighted by molar-refractivity contribution is 7.07. The molecule has 0 radical (unpaired) electrons. The van der Waals surface area contributed by atoms with Crippen LogP contribution in [0.1, 0.15) is 31.2 Å². The Kier molecular flexibility index (Phi) is 6.72. The van der Waals surface area contributed by atoms with Crippen molar-refractivity contribution in [1.82, 2.24) is 4.57 Å². The first kappa shape index (κ1) is 26.5. The molecule has 11 nitrogen and oxygen atoms in total. The van der Waals surface area contributed by atoms with E-state index in [4.69, 9.17) is 30.2 Å². The van der Waals surface area contributed by atoms with Gasteiger partial charge in [0.2, 0.25) is 6.79 Å². The van der Waals surface area contributed by atoms with Gasteiger partial charge in [-0.05, 0) is 55.8 Å². The SMILES string of the molecule is CCOC(=O)C1=C(C)N=c2s/c(=C\c3ccc(-c4ccc(Cl)c([N+](=O)[O-])c4)o3)c(=O)n2C1c1ccc2c(c1)OCO2. The lowest BCUT2D eigenvalue weighted by atomic mass is 9.95. The highest BCUT2D eigenvalue weighted by atomic mass is 35.5. The smallest absolute Gasteiger partial charge is 0.338 e. The number of benzene rings is 2. The highest BCUT2D eigenvalue weighted by Crippen LogP contribution is 2.38. The van der Waals surface area contributed by atoms with Gasteiger partial charge in [-0.25, -0.2) is 9.79 Å². The molecule has 0 N–H and O–H groups in total. The van der Waals surface area contributed by atoms with Gasteiger partial charge < -0.3 is 18.6 Å². The van der Waals surface area contributed by atoms with Crippen LogP contribution in [0, 0.1) is 10.1 Å². The van der Waals surface area contributed by atoms with Gasteiger partial charge in [0.1, 0.15) is 16.5 Å². The van der Waals surface area contributed by atoms with Crippen LogP contribution in [0.25, 0.3) is 17.4 Å². The number of nitro benzene ring substituents is 1. The molecule has 2 aliphatic heterocycles. The van der Waals surface area contributed by atoms with Crippen LogP contribution in [-0.2, 0) is 9.53 Å². The molecule has 2 aromatic carbocycles. The Bertz CT molecular complexity index is 1950. The van der Waals surface area contributed by atoms with E-state index < -0.39 is 16.9 Å². The Labute approximate surface area is 240 Å². The van der Waals surface area contributed by atoms with E-state index in [2.05, 4.69) is 4.99 Å². The van der Waals surface area contributed by atoms with Crippen LogP contribution in [0.5, 0.6) is 11.5 Å². The summed E-state index contributed by atoms with van der Waals surface area (Å²) in [5.41, 5.74) is 1.14. The first-order chi connectivity index (χ1) is 19.7. The third-order valence-electron chi connectivity index (χ3n) is 6.56. The maximum Gasteiger partial charge on any atom is 0.338 e. The van der Waals surface area contributed by atoms with Gasteiger partial charge in [-0.1, -0.05) is 29.0 Å². The minimum Gasteiger partial charge on any atom is -0.463 e. The van der Waals surface area contributed by atoms with Crippen LogP contribution in [0.3, 0.4) is 0 Å². The van der Waals surface area contributed by atoms with Crippen molar-refractivity contribution in [2.24, 2.45) is 4.99 Å². The van der Waals surface area contributed by atoms with Crippen molar-refractivity contribution in [2.45, 2.75) is 19.9 Å². The number of aromatic nitrogens is 1. The lowest BCUT2D eigenvalue weighted by molar-refractivity contribution is -0.384. The lowest BCUT2D eigenvalue weighted by Gasteiger charge is -2.24. The molecule has 0 spiro atoms. The number of furan rings is 1. The quantitative estimate of drug-likeness (QED) is 0.183. The second-order valence-corrected chi connectivity index (χ2v) is 10.5. The Hall–Kier alpha value is -4.68. The lowest BCUT2D eigenvalue weighted by Crippen LogP contribution is -2.39. The molecule has 0 fully saturated rings. The van der Waals surface area contributed by atoms with Crippen LogP contribution < -0.4 is 24.4 Å². The van der Waals surface area contributed by atoms with Gasteiger partial charge in [0.15, 0.2) is 16.3 Å². The summed E-state index contributed by atoms with van der Waals surface area (Å²) in [5, 5.41) is 11.3. The Morgan fingerprint density at radius 3 is 2.80 bits per heavy atom. The van der Waals surface area contributed by atoms with E-state index in [0.29, 0.717) is 49.2 Å². The monoisotopic (exact) mass is 593 g/mol. The predicted molar refractivity (Wildman–Crippen MR) is 149 cm³/mol. The molecule has 4 heterocycles. The summed E-state index contributed by atoms with van der Waals surface area (Å²) in [5.74, 6) is 1.22. The summed E-state index contributed by atoms with van der Waals surface area (Å²) < 4.78 is 24.0. The van der Waals surface area contributed by atoms with Gasteiger partial charge in [-0.3, -0.25) is 19.5 Å². The molecule has 1 unspecified atom stereocenters. The number of carbonyl (C=O) groups is 1. The average Bonchev–Trinajstić information content (AvgIpc) is 3.67. The van der Waals surface area contributed by atoms with Crippen molar-refractivity contribution < 1.29 is 28.3 Å². The standard InChI is InChI=1S/C28H20ClN3O8S/c1-3-37-27(34)24-14(2)30-28-31(25(24)16-5-8-21-22(11-16)39-13-38-21)26(33)23(41-28)12-17-6-9-20(40-17)15-4-7-18(29)19(10-15)32(35)36/h4-12,25H,3,13H2,1-2H3/b23-12-. The predicted octanol–water partition coefficient (Wildman–Crippen LogP) is 4.35. The number of allylic oxidation sites excluding steroid dienone is 1. The number of ether oxygens (including phenoxy) is 3. The molecule has 0 saturated heterocycles. The van der Waals surface area contributed by atoms with E-state index >= 15 is 0 Å². The first-order valence-electron chi connectivity index (χ1n) is 12.4. The number of hydrogen-bond donors (Lipinski definition) is 0. The number of hydrogen-bond acceptors (Lipinski definition) is 10. The van der Waals surface area contributed by atoms with E-state index in [1.807, 2.05) is 0 Å². The Morgan fingerprint density at radius 1 is 1.22 bits per heavy atom. The normalized spacial score (nSPS) is 16.0. The Morgan fingerprint density at radius 2 is 2.02 bits per heavy atom. The topological polar surface area (TPSA) is 135 Å². The molecule has 2 aromatic heterocycles. The van der Waals surface area contributed by atoms with Gasteiger partial charge in [0, 0.05) is 17.7 Å². The number of nitro groups is 1. The van der Waals surface area contributed by atoms with Gasteiger partial charge in [-0.15, -0.1) is 0 Å². The van der Waals surface area contributed by atoms with E-state index in [0.717, 1.165) is 11.3 Å². The van der Waals surface area contributed by atoms with Gasteiger partial charge >= 0.3 is 5.97 Å². The summed E-state index contributed by atoms with van der Waals surface area (Å²) in [4.78, 5) is 42.6. The molecule has 0 bridgehead atoms. The maximum atomic E-state index is 13.8. The molecule has 0 saturated carbocycles. The number of halogens is 1. The van der Waals surface area contributed by atoms with Crippen molar-refractivity contribution in [1.29, 1.82) is 0 Å². The fraction of sp³-hybridized carbons (Fsp3) is 0.179. The molecular weight excluding hydrogens is 574 g/mol. The fourth-order valence-corrected chi connectivity index (χ4v) is 5.92. The van der Waals surface area contributed by atoms with Crippen molar-refractivity contribution >= 4 is 40.7 Å². The molecule has 41 heavy (non-hydrogen) atoms. The first-order valence-corrected chi connectivity index (χ1v) is 13.6. The number of rotatable bonds is 6. The highest BCUT2D eigenvalue weighted by Gasteiger charge is 2.34. The van der Waals surface area contributed by atoms with E-state index in [-0.39, 0.29) is 35.2 Å². The van der Waals surface area contributed by atoms with Crippen LogP contribution >= 0.6 is 22.9 Å². The minimum atomic E-state index is -0.816. The minimum absolute atomic E-state index is 0.0149. The summed E-state index contributed by atoms with van der Waals surface area (Å²) in [6.45, 7) is 3.65. The summed E-state index contributed by atoms with van der Waals surface area (Å²) in [6.07, 6.45) is 1.57. The van der Waals surface area contributed by atoms with Gasteiger partial charge in [-0.2, -0.15) is 0 Å². The number of carbonyl (C=O) groups excluding carboxylic acids is 1. The Balaban J connectivity index is 1.45. The van der Waals surface area contributed by atoms with Gasteiger partial charge in [0.25, 0.3) is 11.2 Å². The molecular formula is C28H20ClN3O8S. The van der Waals surface area contributed by atoms with Crippen molar-refractivity contribution in [3.8, 4) is 22.8 Å². The molecule has 6 rings (SSSR count). The second-order valence-electron chi connectivity index (χ2n) is 9.04. The number of esters is 1. The molecule has 2 aliphatic rings. The van der Waals surface area contributed by atoms with Crippen molar-refractivity contribution in [3.63, 3.8) is 0 Å². The third kappa shape index (κ3) is 4.70. The summed E-state index contributed by atoms with van der Waals surface area (Å²) >= 11 is 7.08. The summed E-state index contributed by atoms with van der Waals surface area (Å²) in [7, 11) is 0. The van der Waals surface area contributed by atoms with Crippen LogP contribution in [-0.4, -0.2) is 28.9 Å². The molecule has 208 valence electrons.